The number of benzene rings is 1. The van der Waals surface area contributed by atoms with E-state index in [0.29, 0.717) is 17.3 Å². The molecule has 7 heteroatoms. The molecule has 1 fully saturated rings. The maximum absolute atomic E-state index is 9.57. The third-order valence-corrected chi connectivity index (χ3v) is 5.00. The van der Waals surface area contributed by atoms with Crippen LogP contribution in [0, 0.1) is 12.8 Å². The molecule has 1 saturated carbocycles. The quantitative estimate of drug-likeness (QED) is 0.408. The molecular weight excluding hydrogens is 364 g/mol. The molecule has 3 N–H and O–H groups in total. The zero-order chi connectivity index (χ0) is 20.4. The molecule has 1 aromatic carbocycles. The number of carbonyl (C=O) groups excluding carboxylic acids is 1. The monoisotopic (exact) mass is 386 g/mol. The topological polar surface area (TPSA) is 107 Å². The van der Waals surface area contributed by atoms with Gasteiger partial charge < -0.3 is 15.8 Å². The van der Waals surface area contributed by atoms with Crippen LogP contribution in [0.2, 0.25) is 0 Å². The molecule has 7 nitrogen and oxygen atoms in total. The van der Waals surface area contributed by atoms with Crippen LogP contribution in [-0.4, -0.2) is 33.3 Å². The molecule has 146 valence electrons. The van der Waals surface area contributed by atoms with Gasteiger partial charge in [-0.1, -0.05) is 0 Å². The molecule has 0 bridgehead atoms. The summed E-state index contributed by atoms with van der Waals surface area (Å²) in [7, 11) is 1.84. The molecule has 5 rings (SSSR count). The summed E-state index contributed by atoms with van der Waals surface area (Å²) in [6.45, 7) is 2.03. The lowest BCUT2D eigenvalue weighted by Gasteiger charge is -2.11. The summed E-state index contributed by atoms with van der Waals surface area (Å²) in [6, 6.07) is 6.04. The number of pyridine rings is 2. The highest BCUT2D eigenvalue weighted by atomic mass is 16.1. The standard InChI is InChI=1S/C18H16N6.C4H6O/c1-10-13(8-24-18-17(10)21-3-4-22-18)11-5-12-7-16(20-2)23-9-14(12)15(19)6-11;5-3-4-1-2-4/h3-9H,19H2,1-2H3,(H,20,23);3-4H,1-2H2. The highest BCUT2D eigenvalue weighted by Gasteiger charge is 2.19. The fourth-order valence-corrected chi connectivity index (χ4v) is 3.14. The Balaban J connectivity index is 0.000000359. The predicted octanol–water partition coefficient (Wildman–Crippen LogP) is 3.77. The summed E-state index contributed by atoms with van der Waals surface area (Å²) in [5.41, 5.74) is 11.4. The van der Waals surface area contributed by atoms with E-state index < -0.39 is 0 Å². The van der Waals surface area contributed by atoms with E-state index in [1.54, 1.807) is 18.6 Å². The van der Waals surface area contributed by atoms with Crippen molar-refractivity contribution < 1.29 is 4.79 Å². The summed E-state index contributed by atoms with van der Waals surface area (Å²) >= 11 is 0. The fraction of sp³-hybridized carbons (Fsp3) is 0.227. The summed E-state index contributed by atoms with van der Waals surface area (Å²) in [4.78, 5) is 27.0. The number of anilines is 2. The number of fused-ring (bicyclic) bond motifs is 2. The molecule has 4 aromatic rings. The number of aromatic nitrogens is 4. The number of carbonyl (C=O) groups is 1. The van der Waals surface area contributed by atoms with Crippen LogP contribution in [0.15, 0.2) is 43.0 Å². The van der Waals surface area contributed by atoms with Gasteiger partial charge in [-0.2, -0.15) is 0 Å². The van der Waals surface area contributed by atoms with E-state index in [4.69, 9.17) is 5.73 Å². The number of rotatable bonds is 3. The van der Waals surface area contributed by atoms with Gasteiger partial charge >= 0.3 is 0 Å². The number of nitrogens with one attached hydrogen (secondary N) is 1. The van der Waals surface area contributed by atoms with Crippen molar-refractivity contribution >= 4 is 39.7 Å². The first kappa shape index (κ1) is 18.7. The number of aryl methyl sites for hydroxylation is 1. The van der Waals surface area contributed by atoms with Gasteiger partial charge in [0.15, 0.2) is 5.65 Å². The molecule has 0 unspecified atom stereocenters. The second-order valence-electron chi connectivity index (χ2n) is 7.11. The highest BCUT2D eigenvalue weighted by molar-refractivity contribution is 5.98. The van der Waals surface area contributed by atoms with Crippen molar-refractivity contribution in [3.8, 4) is 11.1 Å². The van der Waals surface area contributed by atoms with E-state index in [1.807, 2.05) is 32.3 Å². The molecule has 0 atom stereocenters. The van der Waals surface area contributed by atoms with Crippen LogP contribution in [0.5, 0.6) is 0 Å². The molecule has 29 heavy (non-hydrogen) atoms. The Labute approximate surface area is 168 Å². The molecule has 0 aliphatic heterocycles. The third kappa shape index (κ3) is 3.85. The van der Waals surface area contributed by atoms with Crippen LogP contribution >= 0.6 is 0 Å². The second kappa shape index (κ2) is 7.79. The van der Waals surface area contributed by atoms with Crippen molar-refractivity contribution in [2.45, 2.75) is 19.8 Å². The summed E-state index contributed by atoms with van der Waals surface area (Å²) in [6.07, 6.45) is 10.3. The minimum absolute atomic E-state index is 0.454. The Morgan fingerprint density at radius 1 is 1.07 bits per heavy atom. The predicted molar refractivity (Wildman–Crippen MR) is 116 cm³/mol. The molecule has 1 aliphatic carbocycles. The molecule has 0 amide bonds. The van der Waals surface area contributed by atoms with Crippen LogP contribution in [0.1, 0.15) is 18.4 Å². The number of nitrogens with two attached hydrogens (primary N) is 1. The Morgan fingerprint density at radius 3 is 2.55 bits per heavy atom. The average molecular weight is 386 g/mol. The van der Waals surface area contributed by atoms with Gasteiger partial charge in [0.05, 0.1) is 0 Å². The van der Waals surface area contributed by atoms with Gasteiger partial charge in [-0.3, -0.25) is 4.98 Å². The van der Waals surface area contributed by atoms with Gasteiger partial charge in [0.25, 0.3) is 0 Å². The summed E-state index contributed by atoms with van der Waals surface area (Å²) < 4.78 is 0. The van der Waals surface area contributed by atoms with Crippen molar-refractivity contribution in [1.82, 2.24) is 19.9 Å². The second-order valence-corrected chi connectivity index (χ2v) is 7.11. The first-order chi connectivity index (χ1) is 14.1. The Morgan fingerprint density at radius 2 is 1.86 bits per heavy atom. The third-order valence-electron chi connectivity index (χ3n) is 5.00. The molecule has 1 aliphatic rings. The summed E-state index contributed by atoms with van der Waals surface area (Å²) in [5.74, 6) is 1.26. The van der Waals surface area contributed by atoms with Crippen LogP contribution in [0.4, 0.5) is 11.5 Å². The average Bonchev–Trinajstić information content (AvgIpc) is 3.59. The molecule has 0 saturated heterocycles. The zero-order valence-corrected chi connectivity index (χ0v) is 16.4. The zero-order valence-electron chi connectivity index (χ0n) is 16.4. The molecule has 0 radical (unpaired) electrons. The van der Waals surface area contributed by atoms with Gasteiger partial charge in [-0.15, -0.1) is 0 Å². The number of hydrogen-bond donors (Lipinski definition) is 2. The Hall–Kier alpha value is -3.61. The van der Waals surface area contributed by atoms with Crippen molar-refractivity contribution in [2.24, 2.45) is 5.92 Å². The van der Waals surface area contributed by atoms with E-state index in [-0.39, 0.29) is 0 Å². The molecular formula is C22H22N6O. The molecule has 3 heterocycles. The highest BCUT2D eigenvalue weighted by Crippen LogP contribution is 2.32. The minimum Gasteiger partial charge on any atom is -0.398 e. The normalized spacial score (nSPS) is 13.0. The lowest BCUT2D eigenvalue weighted by Crippen LogP contribution is -1.96. The number of aldehydes is 1. The molecule has 3 aromatic heterocycles. The van der Waals surface area contributed by atoms with Crippen molar-refractivity contribution in [2.75, 3.05) is 18.1 Å². The maximum Gasteiger partial charge on any atom is 0.178 e. The lowest BCUT2D eigenvalue weighted by molar-refractivity contribution is -0.108. The van der Waals surface area contributed by atoms with Gasteiger partial charge in [0, 0.05) is 54.4 Å². The SMILES string of the molecule is CNc1cc2cc(-c3cnc4nccnc4c3C)cc(N)c2cn1.O=CC1CC1. The first-order valence-corrected chi connectivity index (χ1v) is 9.49. The smallest absolute Gasteiger partial charge is 0.178 e. The van der Waals surface area contributed by atoms with Crippen LogP contribution in [0.25, 0.3) is 33.1 Å². The van der Waals surface area contributed by atoms with Gasteiger partial charge in [0.1, 0.15) is 17.6 Å². The van der Waals surface area contributed by atoms with E-state index in [9.17, 15) is 4.79 Å². The summed E-state index contributed by atoms with van der Waals surface area (Å²) in [5, 5.41) is 5.02. The largest absolute Gasteiger partial charge is 0.398 e. The first-order valence-electron chi connectivity index (χ1n) is 9.49. The Kier molecular flexibility index (Phi) is 5.03. The van der Waals surface area contributed by atoms with Crippen molar-refractivity contribution in [3.05, 3.63) is 48.5 Å². The van der Waals surface area contributed by atoms with Crippen molar-refractivity contribution in [1.29, 1.82) is 0 Å². The van der Waals surface area contributed by atoms with Crippen molar-refractivity contribution in [3.63, 3.8) is 0 Å². The van der Waals surface area contributed by atoms with Gasteiger partial charge in [-0.25, -0.2) is 15.0 Å². The number of hydrogen-bond acceptors (Lipinski definition) is 7. The van der Waals surface area contributed by atoms with E-state index >= 15 is 0 Å². The Bertz CT molecular complexity index is 1200. The maximum atomic E-state index is 9.57. The minimum atomic E-state index is 0.454. The van der Waals surface area contributed by atoms with Crippen LogP contribution in [-0.2, 0) is 4.79 Å². The van der Waals surface area contributed by atoms with Crippen LogP contribution in [0.3, 0.4) is 0 Å². The van der Waals surface area contributed by atoms with E-state index in [0.717, 1.165) is 57.9 Å². The van der Waals surface area contributed by atoms with Gasteiger partial charge in [0.2, 0.25) is 0 Å². The van der Waals surface area contributed by atoms with Crippen LogP contribution < -0.4 is 11.1 Å². The molecule has 0 spiro atoms. The van der Waals surface area contributed by atoms with E-state index in [2.05, 4.69) is 31.3 Å². The van der Waals surface area contributed by atoms with Gasteiger partial charge in [-0.05, 0) is 54.5 Å². The number of nitrogens with zero attached hydrogens (tertiary/aromatic N) is 4. The van der Waals surface area contributed by atoms with E-state index in [1.165, 1.54) is 0 Å². The number of nitrogen functional groups attached to an aromatic ring is 1. The fourth-order valence-electron chi connectivity index (χ4n) is 3.14. The lowest BCUT2D eigenvalue weighted by atomic mass is 9.98.